The fraction of sp³-hybridized carbons (Fsp3) is 0.400. The molecule has 0 bridgehead atoms. The number of aromatic nitrogens is 5. The molecule has 24 heavy (non-hydrogen) atoms. The first-order chi connectivity index (χ1) is 11.5. The second-order valence-electron chi connectivity index (χ2n) is 5.00. The van der Waals surface area contributed by atoms with Gasteiger partial charge in [-0.1, -0.05) is 25.7 Å². The second-order valence-corrected chi connectivity index (χ2v) is 5.33. The lowest BCUT2D eigenvalue weighted by atomic mass is 9.93. The van der Waals surface area contributed by atoms with Crippen LogP contribution in [0, 0.1) is 11.8 Å². The van der Waals surface area contributed by atoms with Gasteiger partial charge in [0.15, 0.2) is 0 Å². The highest BCUT2D eigenvalue weighted by atomic mass is 35.5. The van der Waals surface area contributed by atoms with Crippen molar-refractivity contribution in [2.45, 2.75) is 32.2 Å². The van der Waals surface area contributed by atoms with Gasteiger partial charge in [0.2, 0.25) is 23.1 Å². The summed E-state index contributed by atoms with van der Waals surface area (Å²) in [6.45, 7) is 4.07. The maximum atomic E-state index is 5.93. The molecule has 0 fully saturated rings. The van der Waals surface area contributed by atoms with Crippen LogP contribution in [0.1, 0.15) is 32.3 Å². The van der Waals surface area contributed by atoms with E-state index in [1.165, 1.54) is 0 Å². The Bertz CT molecular complexity index is 746. The Morgan fingerprint density at radius 3 is 2.33 bits per heavy atom. The van der Waals surface area contributed by atoms with Crippen molar-refractivity contribution < 1.29 is 0 Å². The third kappa shape index (κ3) is 4.43. The molecule has 2 aromatic rings. The highest BCUT2D eigenvalue weighted by Crippen LogP contribution is 2.21. The summed E-state index contributed by atoms with van der Waals surface area (Å²) in [5, 5.41) is 6.21. The molecule has 2 rings (SSSR count). The van der Waals surface area contributed by atoms with Gasteiger partial charge in [0.1, 0.15) is 5.54 Å². The number of nitrogens with one attached hydrogen (secondary N) is 2. The van der Waals surface area contributed by atoms with E-state index in [0.29, 0.717) is 17.5 Å². The largest absolute Gasteiger partial charge is 0.368 e. The molecular weight excluding hydrogens is 328 g/mol. The number of nitrogens with two attached hydrogens (primary N) is 1. The van der Waals surface area contributed by atoms with Crippen LogP contribution in [0.2, 0.25) is 5.28 Å². The van der Waals surface area contributed by atoms with Gasteiger partial charge >= 0.3 is 0 Å². The predicted molar refractivity (Wildman–Crippen MR) is 94.6 cm³/mol. The van der Waals surface area contributed by atoms with Crippen LogP contribution in [0.15, 0.2) is 12.4 Å². The average Bonchev–Trinajstić information content (AvgIpc) is 2.59. The van der Waals surface area contributed by atoms with Crippen molar-refractivity contribution >= 4 is 29.4 Å². The number of rotatable bonds is 5. The van der Waals surface area contributed by atoms with E-state index in [1.807, 2.05) is 13.8 Å². The monoisotopic (exact) mass is 346 g/mol. The lowest BCUT2D eigenvalue weighted by Crippen LogP contribution is -2.36. The first-order valence-corrected chi connectivity index (χ1v) is 7.86. The van der Waals surface area contributed by atoms with Crippen molar-refractivity contribution in [1.82, 2.24) is 24.9 Å². The molecule has 4 N–H and O–H groups in total. The first-order valence-electron chi connectivity index (χ1n) is 7.48. The van der Waals surface area contributed by atoms with Gasteiger partial charge in [0.25, 0.3) is 0 Å². The summed E-state index contributed by atoms with van der Waals surface area (Å²) in [7, 11) is 1.71. The molecule has 0 amide bonds. The molecule has 0 saturated heterocycles. The summed E-state index contributed by atoms with van der Waals surface area (Å²) in [6, 6.07) is 0. The van der Waals surface area contributed by atoms with Crippen LogP contribution in [0.4, 0.5) is 17.8 Å². The molecule has 0 aliphatic heterocycles. The average molecular weight is 347 g/mol. The highest BCUT2D eigenvalue weighted by Gasteiger charge is 2.25. The summed E-state index contributed by atoms with van der Waals surface area (Å²) in [5.41, 5.74) is 5.65. The minimum Gasteiger partial charge on any atom is -0.368 e. The zero-order valence-corrected chi connectivity index (χ0v) is 14.5. The van der Waals surface area contributed by atoms with E-state index >= 15 is 0 Å². The number of halogens is 1. The maximum Gasteiger partial charge on any atom is 0.230 e. The number of anilines is 3. The minimum atomic E-state index is -0.517. The quantitative estimate of drug-likeness (QED) is 0.704. The van der Waals surface area contributed by atoms with E-state index in [9.17, 15) is 0 Å². The molecule has 0 saturated carbocycles. The van der Waals surface area contributed by atoms with Crippen LogP contribution in [0.5, 0.6) is 0 Å². The normalized spacial score (nSPS) is 10.7. The first kappa shape index (κ1) is 17.7. The SMILES string of the molecule is CCC(C#Cc1cnc(N)nc1)(CC)Nc1nc(Cl)nc(NC)n1. The van der Waals surface area contributed by atoms with Gasteiger partial charge in [-0.3, -0.25) is 0 Å². The number of nitrogens with zero attached hydrogens (tertiary/aromatic N) is 5. The number of hydrogen-bond acceptors (Lipinski definition) is 8. The van der Waals surface area contributed by atoms with Crippen LogP contribution < -0.4 is 16.4 Å². The number of hydrogen-bond donors (Lipinski definition) is 3. The molecule has 0 unspecified atom stereocenters. The maximum absolute atomic E-state index is 5.93. The van der Waals surface area contributed by atoms with Crippen molar-refractivity contribution in [3.05, 3.63) is 23.2 Å². The topological polar surface area (TPSA) is 115 Å². The Morgan fingerprint density at radius 2 is 1.75 bits per heavy atom. The molecule has 0 spiro atoms. The second kappa shape index (κ2) is 7.75. The van der Waals surface area contributed by atoms with Crippen molar-refractivity contribution in [2.75, 3.05) is 23.4 Å². The fourth-order valence-electron chi connectivity index (χ4n) is 1.96. The van der Waals surface area contributed by atoms with Crippen molar-refractivity contribution in [2.24, 2.45) is 0 Å². The van der Waals surface area contributed by atoms with Gasteiger partial charge in [-0.25, -0.2) is 9.97 Å². The molecule has 126 valence electrons. The van der Waals surface area contributed by atoms with Crippen LogP contribution in [0.3, 0.4) is 0 Å². The molecule has 0 aromatic carbocycles. The smallest absolute Gasteiger partial charge is 0.230 e. The summed E-state index contributed by atoms with van der Waals surface area (Å²) >= 11 is 5.93. The summed E-state index contributed by atoms with van der Waals surface area (Å²) in [5.74, 6) is 7.27. The van der Waals surface area contributed by atoms with Gasteiger partial charge in [-0.2, -0.15) is 15.0 Å². The zero-order valence-electron chi connectivity index (χ0n) is 13.8. The molecule has 0 radical (unpaired) electrons. The van der Waals surface area contributed by atoms with E-state index < -0.39 is 5.54 Å². The van der Waals surface area contributed by atoms with E-state index in [0.717, 1.165) is 12.8 Å². The third-order valence-electron chi connectivity index (χ3n) is 3.51. The predicted octanol–water partition coefficient (Wildman–Crippen LogP) is 1.96. The zero-order chi connectivity index (χ0) is 17.6. The van der Waals surface area contributed by atoms with Gasteiger partial charge in [-0.05, 0) is 24.4 Å². The Morgan fingerprint density at radius 1 is 1.12 bits per heavy atom. The number of nitrogen functional groups attached to an aromatic ring is 1. The van der Waals surface area contributed by atoms with Crippen LogP contribution >= 0.6 is 11.6 Å². The summed E-state index contributed by atoms with van der Waals surface area (Å²) < 4.78 is 0. The molecule has 8 nitrogen and oxygen atoms in total. The van der Waals surface area contributed by atoms with E-state index in [-0.39, 0.29) is 11.2 Å². The molecular formula is C15H19ClN8. The van der Waals surface area contributed by atoms with Gasteiger partial charge in [-0.15, -0.1) is 0 Å². The third-order valence-corrected chi connectivity index (χ3v) is 3.68. The Hall–Kier alpha value is -2.66. The summed E-state index contributed by atoms with van der Waals surface area (Å²) in [4.78, 5) is 20.2. The van der Waals surface area contributed by atoms with Crippen LogP contribution in [-0.2, 0) is 0 Å². The molecule has 0 aliphatic carbocycles. The molecule has 2 heterocycles. The Kier molecular flexibility index (Phi) is 5.71. The Labute approximate surface area is 145 Å². The van der Waals surface area contributed by atoms with Crippen molar-refractivity contribution in [3.63, 3.8) is 0 Å². The minimum absolute atomic E-state index is 0.109. The fourth-order valence-corrected chi connectivity index (χ4v) is 2.12. The lowest BCUT2D eigenvalue weighted by molar-refractivity contribution is 0.550. The molecule has 0 aliphatic rings. The lowest BCUT2D eigenvalue weighted by Gasteiger charge is -2.27. The van der Waals surface area contributed by atoms with Crippen molar-refractivity contribution in [1.29, 1.82) is 0 Å². The van der Waals surface area contributed by atoms with E-state index in [2.05, 4.69) is 47.4 Å². The molecule has 2 aromatic heterocycles. The standard InChI is InChI=1S/C15H19ClN8/c1-4-15(5-2,7-6-10-8-19-12(17)20-9-10)24-14-22-11(16)21-13(18-3)23-14/h8-9H,4-5H2,1-3H3,(H2,17,19,20)(H2,18,21,22,23,24). The van der Waals surface area contributed by atoms with Gasteiger partial charge in [0, 0.05) is 19.4 Å². The van der Waals surface area contributed by atoms with Gasteiger partial charge < -0.3 is 16.4 Å². The Balaban J connectivity index is 2.31. The van der Waals surface area contributed by atoms with E-state index in [1.54, 1.807) is 19.4 Å². The summed E-state index contributed by atoms with van der Waals surface area (Å²) in [6.07, 6.45) is 4.66. The van der Waals surface area contributed by atoms with Crippen molar-refractivity contribution in [3.8, 4) is 11.8 Å². The van der Waals surface area contributed by atoms with E-state index in [4.69, 9.17) is 17.3 Å². The molecule has 9 heteroatoms. The van der Waals surface area contributed by atoms with Crippen LogP contribution in [0.25, 0.3) is 0 Å². The van der Waals surface area contributed by atoms with Gasteiger partial charge in [0.05, 0.1) is 5.56 Å². The molecule has 0 atom stereocenters. The van der Waals surface area contributed by atoms with Crippen LogP contribution in [-0.4, -0.2) is 37.5 Å². The highest BCUT2D eigenvalue weighted by molar-refractivity contribution is 6.28.